The summed E-state index contributed by atoms with van der Waals surface area (Å²) in [4.78, 5) is 15.1. The molecule has 2 aliphatic rings. The zero-order valence-electron chi connectivity index (χ0n) is 30.7. The zero-order chi connectivity index (χ0) is 37.5. The zero-order valence-corrected chi connectivity index (χ0v) is 30.7. The van der Waals surface area contributed by atoms with Gasteiger partial charge in [-0.2, -0.15) is 0 Å². The third-order valence-corrected chi connectivity index (χ3v) is 11.7. The Balaban J connectivity index is 1.16. The molecular weight excluding hydrogens is 697 g/mol. The fourth-order valence-electron chi connectivity index (χ4n) is 9.29. The van der Waals surface area contributed by atoms with Gasteiger partial charge in [0.1, 0.15) is 11.5 Å². The molecule has 0 fully saturated rings. The average Bonchev–Trinajstić information content (AvgIpc) is 3.76. The van der Waals surface area contributed by atoms with E-state index in [0.717, 1.165) is 61.4 Å². The lowest BCUT2D eigenvalue weighted by Crippen LogP contribution is -2.32. The molecule has 1 spiro atoms. The molecule has 8 aromatic carbocycles. The molecule has 12 rings (SSSR count). The molecular formula is C52H32N4O. The summed E-state index contributed by atoms with van der Waals surface area (Å²) in [6.45, 7) is 0. The highest BCUT2D eigenvalue weighted by Gasteiger charge is 2.51. The molecule has 2 aromatic heterocycles. The quantitative estimate of drug-likeness (QED) is 0.181. The number of hydrogen-bond acceptors (Lipinski definition) is 4. The van der Waals surface area contributed by atoms with Gasteiger partial charge in [-0.1, -0.05) is 152 Å². The topological polar surface area (TPSA) is 52.8 Å². The number of hydrogen-bond donors (Lipinski definition) is 0. The van der Waals surface area contributed by atoms with E-state index in [-0.39, 0.29) is 0 Å². The molecule has 5 nitrogen and oxygen atoms in total. The van der Waals surface area contributed by atoms with Crippen LogP contribution in [-0.4, -0.2) is 19.5 Å². The minimum Gasteiger partial charge on any atom is -0.457 e. The summed E-state index contributed by atoms with van der Waals surface area (Å²) < 4.78 is 9.03. The Kier molecular flexibility index (Phi) is 6.78. The molecule has 5 heteroatoms. The van der Waals surface area contributed by atoms with Crippen molar-refractivity contribution >= 4 is 21.8 Å². The molecule has 266 valence electrons. The average molecular weight is 729 g/mol. The highest BCUT2D eigenvalue weighted by atomic mass is 16.5. The van der Waals surface area contributed by atoms with Crippen LogP contribution >= 0.6 is 0 Å². The van der Waals surface area contributed by atoms with Gasteiger partial charge >= 0.3 is 0 Å². The van der Waals surface area contributed by atoms with E-state index in [1.165, 1.54) is 27.6 Å². The Morgan fingerprint density at radius 1 is 0.368 bits per heavy atom. The number of ether oxygens (including phenoxy) is 1. The molecule has 57 heavy (non-hydrogen) atoms. The third-order valence-electron chi connectivity index (χ3n) is 11.7. The van der Waals surface area contributed by atoms with Gasteiger partial charge in [0.15, 0.2) is 17.5 Å². The van der Waals surface area contributed by atoms with E-state index >= 15 is 0 Å². The smallest absolute Gasteiger partial charge is 0.164 e. The molecule has 0 saturated heterocycles. The van der Waals surface area contributed by atoms with Gasteiger partial charge in [0.2, 0.25) is 0 Å². The van der Waals surface area contributed by atoms with Crippen molar-refractivity contribution in [3.63, 3.8) is 0 Å². The first kappa shape index (κ1) is 31.7. The molecule has 0 saturated carbocycles. The van der Waals surface area contributed by atoms with Gasteiger partial charge in [-0.05, 0) is 64.7 Å². The van der Waals surface area contributed by atoms with Crippen LogP contribution in [0.25, 0.3) is 72.8 Å². The minimum absolute atomic E-state index is 0.568. The summed E-state index contributed by atoms with van der Waals surface area (Å²) in [5.41, 5.74) is 12.8. The van der Waals surface area contributed by atoms with Crippen molar-refractivity contribution in [1.29, 1.82) is 0 Å². The van der Waals surface area contributed by atoms with Crippen LogP contribution in [0.15, 0.2) is 194 Å². The van der Waals surface area contributed by atoms with Crippen molar-refractivity contribution < 1.29 is 4.74 Å². The predicted octanol–water partition coefficient (Wildman–Crippen LogP) is 12.4. The van der Waals surface area contributed by atoms with Crippen LogP contribution in [-0.2, 0) is 5.41 Å². The molecule has 1 aliphatic heterocycles. The predicted molar refractivity (Wildman–Crippen MR) is 228 cm³/mol. The number of benzene rings is 8. The van der Waals surface area contributed by atoms with Gasteiger partial charge in [0.25, 0.3) is 0 Å². The van der Waals surface area contributed by atoms with Crippen LogP contribution in [0.2, 0.25) is 0 Å². The van der Waals surface area contributed by atoms with Crippen LogP contribution in [0.3, 0.4) is 0 Å². The maximum atomic E-state index is 6.63. The van der Waals surface area contributed by atoms with E-state index in [0.29, 0.717) is 17.5 Å². The van der Waals surface area contributed by atoms with Gasteiger partial charge in [0.05, 0.1) is 16.4 Å². The Labute approximate surface area is 329 Å². The number of para-hydroxylation sites is 3. The number of aromatic nitrogens is 4. The van der Waals surface area contributed by atoms with Crippen molar-refractivity contribution in [1.82, 2.24) is 19.5 Å². The first-order chi connectivity index (χ1) is 28.3. The van der Waals surface area contributed by atoms with E-state index in [2.05, 4.69) is 138 Å². The third kappa shape index (κ3) is 4.60. The summed E-state index contributed by atoms with van der Waals surface area (Å²) in [6.07, 6.45) is 0. The first-order valence-electron chi connectivity index (χ1n) is 19.3. The Morgan fingerprint density at radius 2 is 0.877 bits per heavy atom. The highest BCUT2D eigenvalue weighted by Crippen LogP contribution is 2.62. The first-order valence-corrected chi connectivity index (χ1v) is 19.3. The summed E-state index contributed by atoms with van der Waals surface area (Å²) in [5.74, 6) is 3.67. The fourth-order valence-corrected chi connectivity index (χ4v) is 9.29. The second-order valence-corrected chi connectivity index (χ2v) is 14.7. The summed E-state index contributed by atoms with van der Waals surface area (Å²) in [7, 11) is 0. The van der Waals surface area contributed by atoms with Crippen molar-refractivity contribution in [2.75, 3.05) is 0 Å². The molecule has 0 N–H and O–H groups in total. The van der Waals surface area contributed by atoms with Gasteiger partial charge in [-0.3, -0.25) is 0 Å². The van der Waals surface area contributed by atoms with E-state index in [1.807, 2.05) is 60.7 Å². The SMILES string of the molecule is c1ccc(-c2nc(-c3ccccc3)nc(-c3ccc4c5cc6c(cc5n(-c5ccccc5)c4c3)C3(c4ccccc4Oc4ccccc43)c3ccccc3-6)n2)cc1. The van der Waals surface area contributed by atoms with Crippen molar-refractivity contribution in [3.05, 3.63) is 216 Å². The van der Waals surface area contributed by atoms with E-state index < -0.39 is 5.41 Å². The number of fused-ring (bicyclic) bond motifs is 12. The molecule has 0 amide bonds. The largest absolute Gasteiger partial charge is 0.457 e. The lowest BCUT2D eigenvalue weighted by atomic mass is 9.66. The molecule has 0 radical (unpaired) electrons. The summed E-state index contributed by atoms with van der Waals surface area (Å²) in [6, 6.07) is 68.4. The Morgan fingerprint density at radius 3 is 1.51 bits per heavy atom. The lowest BCUT2D eigenvalue weighted by molar-refractivity contribution is 0.436. The molecule has 1 aliphatic carbocycles. The Hall–Kier alpha value is -7.63. The normalized spacial score (nSPS) is 13.2. The number of nitrogens with zero attached hydrogens (tertiary/aromatic N) is 4. The van der Waals surface area contributed by atoms with Gasteiger partial charge in [0, 0.05) is 44.3 Å². The van der Waals surface area contributed by atoms with E-state index in [9.17, 15) is 0 Å². The highest BCUT2D eigenvalue weighted by molar-refractivity contribution is 6.13. The summed E-state index contributed by atoms with van der Waals surface area (Å²) >= 11 is 0. The van der Waals surface area contributed by atoms with Gasteiger partial charge in [-0.15, -0.1) is 0 Å². The fraction of sp³-hybridized carbons (Fsp3) is 0.0192. The monoisotopic (exact) mass is 728 g/mol. The molecule has 0 bridgehead atoms. The van der Waals surface area contributed by atoms with Crippen LogP contribution in [0, 0.1) is 0 Å². The van der Waals surface area contributed by atoms with E-state index in [4.69, 9.17) is 19.7 Å². The second kappa shape index (κ2) is 12.2. The molecule has 0 unspecified atom stereocenters. The number of rotatable bonds is 4. The standard InChI is InChI=1S/C52H32N4O/c1-4-16-33(17-5-1)49-53-50(34-18-6-2-7-19-34)55-51(54-49)35-28-29-38-40-31-39-37-22-10-11-23-41(37)52(42-24-12-14-26-47(42)57-48-27-15-13-25-43(48)52)44(39)32-46(40)56(45(38)30-35)36-20-8-3-9-21-36/h1-32H. The molecule has 3 heterocycles. The van der Waals surface area contributed by atoms with Crippen LogP contribution in [0.1, 0.15) is 22.3 Å². The Bertz CT molecular complexity index is 3110. The van der Waals surface area contributed by atoms with Gasteiger partial charge in [-0.25, -0.2) is 15.0 Å². The van der Waals surface area contributed by atoms with Crippen molar-refractivity contribution in [2.45, 2.75) is 5.41 Å². The second-order valence-electron chi connectivity index (χ2n) is 14.7. The molecule has 0 atom stereocenters. The maximum Gasteiger partial charge on any atom is 0.164 e. The minimum atomic E-state index is -0.568. The summed E-state index contributed by atoms with van der Waals surface area (Å²) in [5, 5.41) is 2.34. The van der Waals surface area contributed by atoms with Crippen LogP contribution < -0.4 is 4.74 Å². The van der Waals surface area contributed by atoms with E-state index in [1.54, 1.807) is 0 Å². The lowest BCUT2D eigenvalue weighted by Gasteiger charge is -2.39. The van der Waals surface area contributed by atoms with Crippen molar-refractivity contribution in [3.8, 4) is 62.5 Å². The van der Waals surface area contributed by atoms with Gasteiger partial charge < -0.3 is 9.30 Å². The van der Waals surface area contributed by atoms with Crippen LogP contribution in [0.4, 0.5) is 0 Å². The van der Waals surface area contributed by atoms with Crippen LogP contribution in [0.5, 0.6) is 11.5 Å². The van der Waals surface area contributed by atoms with Crippen molar-refractivity contribution in [2.24, 2.45) is 0 Å². The maximum absolute atomic E-state index is 6.63. The molecule has 10 aromatic rings.